The second-order valence-electron chi connectivity index (χ2n) is 5.79. The average Bonchev–Trinajstić information content (AvgIpc) is 2.71. The van der Waals surface area contributed by atoms with Crippen molar-refractivity contribution < 1.29 is 27.0 Å². The Morgan fingerprint density at radius 2 is 1.84 bits per heavy atom. The summed E-state index contributed by atoms with van der Waals surface area (Å²) in [5.41, 5.74) is -3.87. The SMILES string of the molecule is C=NS(=O)(=O)c1cc(Oc2c(Cl)cc(-n3nc(C(F)F)c(=O)[nH]c3=O)cc2Cl)ncc1O. The zero-order chi connectivity index (χ0) is 23.8. The summed E-state index contributed by atoms with van der Waals surface area (Å²) in [5, 5.41) is 12.5. The normalized spacial score (nSPS) is 11.5. The van der Waals surface area contributed by atoms with E-state index in [1.165, 1.54) is 0 Å². The number of rotatable bonds is 6. The van der Waals surface area contributed by atoms with Gasteiger partial charge in [-0.2, -0.15) is 22.6 Å². The van der Waals surface area contributed by atoms with E-state index in [9.17, 15) is 31.9 Å². The standard InChI is InChI=1S/C16H9Cl2F2N5O6S/c1-21-32(29,30)10-4-11(22-5-9(10)26)31-13-7(17)2-6(3-8(13)18)25-16(28)23-15(27)12(24-25)14(19)20/h2-5,14,26H,1H2,(H,23,27,28). The molecule has 0 aliphatic heterocycles. The Labute approximate surface area is 186 Å². The fourth-order valence-corrected chi connectivity index (χ4v) is 3.60. The number of aromatic hydroxyl groups is 1. The molecule has 1 aromatic carbocycles. The second-order valence-corrected chi connectivity index (χ2v) is 8.25. The largest absolute Gasteiger partial charge is 0.505 e. The number of hydrogen-bond acceptors (Lipinski definition) is 8. The second kappa shape index (κ2) is 8.64. The van der Waals surface area contributed by atoms with Crippen LogP contribution in [0.2, 0.25) is 10.0 Å². The molecule has 32 heavy (non-hydrogen) atoms. The number of pyridine rings is 1. The summed E-state index contributed by atoms with van der Waals surface area (Å²) in [4.78, 5) is 28.2. The number of alkyl halides is 2. The fourth-order valence-electron chi connectivity index (χ4n) is 2.34. The first-order valence-corrected chi connectivity index (χ1v) is 10.2. The van der Waals surface area contributed by atoms with Crippen LogP contribution < -0.4 is 16.0 Å². The molecule has 0 saturated heterocycles. The van der Waals surface area contributed by atoms with Crippen molar-refractivity contribution in [2.45, 2.75) is 11.3 Å². The van der Waals surface area contributed by atoms with Crippen LogP contribution in [0.4, 0.5) is 8.78 Å². The zero-order valence-corrected chi connectivity index (χ0v) is 17.6. The number of benzene rings is 1. The fraction of sp³-hybridized carbons (Fsp3) is 0.0625. The van der Waals surface area contributed by atoms with E-state index in [1.807, 2.05) is 0 Å². The summed E-state index contributed by atoms with van der Waals surface area (Å²) in [6.45, 7) is 2.90. The minimum absolute atomic E-state index is 0.187. The van der Waals surface area contributed by atoms with Gasteiger partial charge in [-0.05, 0) is 12.1 Å². The van der Waals surface area contributed by atoms with Crippen LogP contribution in [-0.2, 0) is 10.0 Å². The van der Waals surface area contributed by atoms with Gasteiger partial charge in [0.15, 0.2) is 17.2 Å². The molecule has 2 heterocycles. The number of ether oxygens (including phenoxy) is 1. The lowest BCUT2D eigenvalue weighted by Crippen LogP contribution is -2.34. The first-order chi connectivity index (χ1) is 14.9. The number of H-pyrrole nitrogens is 1. The molecule has 2 N–H and O–H groups in total. The van der Waals surface area contributed by atoms with Gasteiger partial charge in [-0.15, -0.1) is 0 Å². The molecule has 0 atom stereocenters. The van der Waals surface area contributed by atoms with Crippen LogP contribution in [0.5, 0.6) is 17.4 Å². The number of nitrogens with zero attached hydrogens (tertiary/aromatic N) is 4. The molecule has 11 nitrogen and oxygen atoms in total. The summed E-state index contributed by atoms with van der Waals surface area (Å²) >= 11 is 12.2. The molecule has 0 bridgehead atoms. The molecular formula is C16H9Cl2F2N5O6S. The highest BCUT2D eigenvalue weighted by atomic mass is 35.5. The van der Waals surface area contributed by atoms with E-state index in [0.29, 0.717) is 4.68 Å². The van der Waals surface area contributed by atoms with Gasteiger partial charge in [-0.1, -0.05) is 23.2 Å². The third-order valence-electron chi connectivity index (χ3n) is 3.76. The summed E-state index contributed by atoms with van der Waals surface area (Å²) in [7, 11) is -4.28. The van der Waals surface area contributed by atoms with Crippen molar-refractivity contribution in [1.82, 2.24) is 19.7 Å². The Kier molecular flexibility index (Phi) is 6.29. The van der Waals surface area contributed by atoms with Crippen molar-refractivity contribution in [1.29, 1.82) is 0 Å². The van der Waals surface area contributed by atoms with Crippen molar-refractivity contribution in [3.05, 3.63) is 61.0 Å². The molecule has 0 unspecified atom stereocenters. The number of aromatic nitrogens is 4. The van der Waals surface area contributed by atoms with Crippen molar-refractivity contribution >= 4 is 39.9 Å². The predicted octanol–water partition coefficient (Wildman–Crippen LogP) is 2.45. The van der Waals surface area contributed by atoms with Crippen molar-refractivity contribution in [2.24, 2.45) is 4.40 Å². The van der Waals surface area contributed by atoms with Gasteiger partial charge in [0, 0.05) is 12.8 Å². The molecule has 0 spiro atoms. The number of aromatic amines is 1. The average molecular weight is 508 g/mol. The highest BCUT2D eigenvalue weighted by Crippen LogP contribution is 2.38. The molecule has 0 radical (unpaired) electrons. The Morgan fingerprint density at radius 1 is 1.22 bits per heavy atom. The Balaban J connectivity index is 2.06. The Hall–Kier alpha value is -3.36. The molecule has 0 fully saturated rings. The van der Waals surface area contributed by atoms with E-state index in [2.05, 4.69) is 21.2 Å². The number of hydrogen-bond donors (Lipinski definition) is 2. The monoisotopic (exact) mass is 507 g/mol. The third kappa shape index (κ3) is 4.46. The summed E-state index contributed by atoms with van der Waals surface area (Å²) in [6.07, 6.45) is -2.48. The van der Waals surface area contributed by atoms with E-state index in [-0.39, 0.29) is 27.4 Å². The lowest BCUT2D eigenvalue weighted by Gasteiger charge is -2.12. The topological polar surface area (TPSA) is 157 Å². The molecule has 0 aliphatic rings. The van der Waals surface area contributed by atoms with Gasteiger partial charge >= 0.3 is 5.69 Å². The lowest BCUT2D eigenvalue weighted by molar-refractivity contribution is 0.141. The van der Waals surface area contributed by atoms with Crippen molar-refractivity contribution in [3.63, 3.8) is 0 Å². The molecule has 3 aromatic rings. The van der Waals surface area contributed by atoms with Gasteiger partial charge in [0.25, 0.3) is 22.0 Å². The molecular weight excluding hydrogens is 499 g/mol. The van der Waals surface area contributed by atoms with Gasteiger partial charge < -0.3 is 9.84 Å². The Bertz CT molecular complexity index is 1430. The Morgan fingerprint density at radius 3 is 2.41 bits per heavy atom. The molecule has 3 rings (SSSR count). The van der Waals surface area contributed by atoms with Gasteiger partial charge in [0.2, 0.25) is 5.88 Å². The van der Waals surface area contributed by atoms with E-state index >= 15 is 0 Å². The maximum atomic E-state index is 12.9. The van der Waals surface area contributed by atoms with Gasteiger partial charge in [-0.25, -0.2) is 18.6 Å². The highest BCUT2D eigenvalue weighted by Gasteiger charge is 2.21. The van der Waals surface area contributed by atoms with E-state index in [1.54, 1.807) is 4.98 Å². The summed E-state index contributed by atoms with van der Waals surface area (Å²) in [5.74, 6) is -1.33. The van der Waals surface area contributed by atoms with E-state index in [0.717, 1.165) is 24.4 Å². The number of sulfonamides is 1. The first-order valence-electron chi connectivity index (χ1n) is 8.05. The maximum absolute atomic E-state index is 12.9. The van der Waals surface area contributed by atoms with Crippen molar-refractivity contribution in [3.8, 4) is 23.1 Å². The summed E-state index contributed by atoms with van der Waals surface area (Å²) < 4.78 is 58.3. The van der Waals surface area contributed by atoms with E-state index in [4.69, 9.17) is 27.9 Å². The smallest absolute Gasteiger partial charge is 0.349 e. The molecule has 16 heteroatoms. The quantitative estimate of drug-likeness (QED) is 0.481. The van der Waals surface area contributed by atoms with Crippen LogP contribution in [0.3, 0.4) is 0 Å². The zero-order valence-electron chi connectivity index (χ0n) is 15.3. The number of nitrogens with one attached hydrogen (secondary N) is 1. The maximum Gasteiger partial charge on any atom is 0.349 e. The lowest BCUT2D eigenvalue weighted by atomic mass is 10.3. The van der Waals surface area contributed by atoms with Gasteiger partial charge in [0.1, 0.15) is 4.90 Å². The minimum atomic E-state index is -4.28. The number of halogens is 4. The van der Waals surface area contributed by atoms with Crippen LogP contribution in [0.1, 0.15) is 12.1 Å². The highest BCUT2D eigenvalue weighted by molar-refractivity contribution is 7.90. The molecule has 0 saturated carbocycles. The van der Waals surface area contributed by atoms with Crippen LogP contribution in [0, 0.1) is 0 Å². The van der Waals surface area contributed by atoms with E-state index < -0.39 is 44.0 Å². The molecule has 0 aliphatic carbocycles. The molecule has 2 aromatic heterocycles. The van der Waals surface area contributed by atoms with Crippen LogP contribution >= 0.6 is 23.2 Å². The van der Waals surface area contributed by atoms with Crippen LogP contribution in [0.25, 0.3) is 5.69 Å². The minimum Gasteiger partial charge on any atom is -0.505 e. The molecule has 168 valence electrons. The van der Waals surface area contributed by atoms with Crippen LogP contribution in [0.15, 0.2) is 43.3 Å². The molecule has 0 amide bonds. The predicted molar refractivity (Wildman–Crippen MR) is 108 cm³/mol. The third-order valence-corrected chi connectivity index (χ3v) is 5.55. The van der Waals surface area contributed by atoms with Gasteiger partial charge in [0.05, 0.1) is 21.9 Å². The first kappa shape index (κ1) is 23.3. The van der Waals surface area contributed by atoms with Gasteiger partial charge in [-0.3, -0.25) is 9.78 Å². The van der Waals surface area contributed by atoms with Crippen LogP contribution in [-0.4, -0.2) is 40.0 Å². The van der Waals surface area contributed by atoms with Crippen molar-refractivity contribution in [2.75, 3.05) is 0 Å². The summed E-state index contributed by atoms with van der Waals surface area (Å²) in [6, 6.07) is 2.96.